The zero-order valence-corrected chi connectivity index (χ0v) is 10.0. The molecule has 0 bridgehead atoms. The topological polar surface area (TPSA) is 127 Å². The highest BCUT2D eigenvalue weighted by Gasteiger charge is 2.04. The number of nitrogens with two attached hydrogens (primary N) is 2. The van der Waals surface area contributed by atoms with Crippen molar-refractivity contribution in [1.29, 1.82) is 0 Å². The zero-order chi connectivity index (χ0) is 14.0. The molecule has 1 aromatic rings. The summed E-state index contributed by atoms with van der Waals surface area (Å²) in [6.07, 6.45) is 2.13. The van der Waals surface area contributed by atoms with Gasteiger partial charge in [0.2, 0.25) is 0 Å². The molecule has 1 aromatic carbocycles. The molecule has 1 rings (SSSR count). The number of aromatic carboxylic acids is 2. The van der Waals surface area contributed by atoms with E-state index in [4.69, 9.17) is 21.7 Å². The number of benzene rings is 1. The Kier molecular flexibility index (Phi) is 8.17. The molecule has 0 aliphatic carbocycles. The maximum Gasteiger partial charge on any atom is 0.335 e. The molecule has 0 heterocycles. The van der Waals surface area contributed by atoms with Crippen molar-refractivity contribution in [3.8, 4) is 0 Å². The Balaban J connectivity index is 0.000000411. The molecule has 0 aliphatic rings. The van der Waals surface area contributed by atoms with Crippen LogP contribution in [0.1, 0.15) is 33.6 Å². The van der Waals surface area contributed by atoms with Gasteiger partial charge >= 0.3 is 11.9 Å². The van der Waals surface area contributed by atoms with E-state index in [0.717, 1.165) is 25.9 Å². The van der Waals surface area contributed by atoms with Gasteiger partial charge in [0.05, 0.1) is 11.1 Å². The van der Waals surface area contributed by atoms with Crippen LogP contribution in [0, 0.1) is 0 Å². The summed E-state index contributed by atoms with van der Waals surface area (Å²) in [6.45, 7) is 1.55. The van der Waals surface area contributed by atoms with Gasteiger partial charge in [-0.2, -0.15) is 0 Å². The molecule has 0 saturated heterocycles. The molecule has 0 unspecified atom stereocenters. The third-order valence-corrected chi connectivity index (χ3v) is 2.04. The van der Waals surface area contributed by atoms with Crippen molar-refractivity contribution < 1.29 is 19.8 Å². The van der Waals surface area contributed by atoms with Crippen LogP contribution in [0.3, 0.4) is 0 Å². The number of hydrogen-bond donors (Lipinski definition) is 4. The first kappa shape index (κ1) is 16.1. The molecule has 0 fully saturated rings. The molecule has 6 heteroatoms. The summed E-state index contributed by atoms with van der Waals surface area (Å²) in [5, 5.41) is 16.9. The third kappa shape index (κ3) is 6.62. The van der Waals surface area contributed by atoms with Gasteiger partial charge in [-0.1, -0.05) is 0 Å². The monoisotopic (exact) mass is 254 g/mol. The van der Waals surface area contributed by atoms with E-state index in [-0.39, 0.29) is 11.1 Å². The zero-order valence-electron chi connectivity index (χ0n) is 10.0. The van der Waals surface area contributed by atoms with Gasteiger partial charge in [-0.05, 0) is 50.2 Å². The summed E-state index contributed by atoms with van der Waals surface area (Å²) in [5.74, 6) is -2.13. The smallest absolute Gasteiger partial charge is 0.335 e. The molecule has 0 saturated carbocycles. The standard InChI is InChI=1S/C8H6O4.C4H12N2/c9-7(10)5-1-2-6(4-3-5)8(11)12;5-3-1-2-4-6/h1-4H,(H,9,10)(H,11,12);1-6H2. The number of carboxylic acids is 2. The van der Waals surface area contributed by atoms with Gasteiger partial charge in [0.1, 0.15) is 0 Å². The molecule has 0 amide bonds. The minimum atomic E-state index is -1.06. The van der Waals surface area contributed by atoms with Crippen molar-refractivity contribution in [1.82, 2.24) is 0 Å². The van der Waals surface area contributed by atoms with Crippen LogP contribution in [0.2, 0.25) is 0 Å². The Morgan fingerprint density at radius 1 is 0.833 bits per heavy atom. The van der Waals surface area contributed by atoms with Gasteiger partial charge in [-0.3, -0.25) is 0 Å². The van der Waals surface area contributed by atoms with Crippen molar-refractivity contribution in [3.05, 3.63) is 35.4 Å². The maximum atomic E-state index is 10.3. The van der Waals surface area contributed by atoms with Crippen LogP contribution in [-0.2, 0) is 0 Å². The molecular formula is C12H18N2O4. The average molecular weight is 254 g/mol. The fourth-order valence-electron chi connectivity index (χ4n) is 1.04. The Hall–Kier alpha value is -1.92. The highest BCUT2D eigenvalue weighted by Crippen LogP contribution is 2.03. The van der Waals surface area contributed by atoms with Crippen molar-refractivity contribution in [2.45, 2.75) is 12.8 Å². The molecule has 0 aromatic heterocycles. The Labute approximate surface area is 105 Å². The van der Waals surface area contributed by atoms with E-state index in [1.54, 1.807) is 0 Å². The lowest BCUT2D eigenvalue weighted by Crippen LogP contribution is -2.03. The highest BCUT2D eigenvalue weighted by molar-refractivity contribution is 5.91. The quantitative estimate of drug-likeness (QED) is 0.575. The average Bonchev–Trinajstić information content (AvgIpc) is 2.37. The van der Waals surface area contributed by atoms with Crippen LogP contribution in [0.15, 0.2) is 24.3 Å². The largest absolute Gasteiger partial charge is 0.478 e. The van der Waals surface area contributed by atoms with Crippen molar-refractivity contribution >= 4 is 11.9 Å². The third-order valence-electron chi connectivity index (χ3n) is 2.04. The van der Waals surface area contributed by atoms with Crippen molar-refractivity contribution in [3.63, 3.8) is 0 Å². The van der Waals surface area contributed by atoms with Gasteiger partial charge in [-0.25, -0.2) is 9.59 Å². The number of unbranched alkanes of at least 4 members (excludes halogenated alkanes) is 1. The maximum absolute atomic E-state index is 10.3. The van der Waals surface area contributed by atoms with E-state index in [1.165, 1.54) is 24.3 Å². The van der Waals surface area contributed by atoms with Crippen LogP contribution in [0.25, 0.3) is 0 Å². The van der Waals surface area contributed by atoms with E-state index >= 15 is 0 Å². The van der Waals surface area contributed by atoms with E-state index < -0.39 is 11.9 Å². The van der Waals surface area contributed by atoms with Gasteiger partial charge in [-0.15, -0.1) is 0 Å². The predicted molar refractivity (Wildman–Crippen MR) is 67.7 cm³/mol. The van der Waals surface area contributed by atoms with E-state index in [2.05, 4.69) is 0 Å². The Morgan fingerprint density at radius 3 is 1.28 bits per heavy atom. The first-order valence-corrected chi connectivity index (χ1v) is 5.49. The lowest BCUT2D eigenvalue weighted by Gasteiger charge is -1.94. The summed E-state index contributed by atoms with van der Waals surface area (Å²) in [7, 11) is 0. The molecule has 100 valence electrons. The molecule has 6 N–H and O–H groups in total. The fourth-order valence-corrected chi connectivity index (χ4v) is 1.04. The van der Waals surface area contributed by atoms with Gasteiger partial charge in [0.15, 0.2) is 0 Å². The predicted octanol–water partition coefficient (Wildman–Crippen LogP) is 0.767. The highest BCUT2D eigenvalue weighted by atomic mass is 16.4. The molecular weight excluding hydrogens is 236 g/mol. The van der Waals surface area contributed by atoms with Crippen molar-refractivity contribution in [2.24, 2.45) is 11.5 Å². The second-order valence-electron chi connectivity index (χ2n) is 3.47. The van der Waals surface area contributed by atoms with Gasteiger partial charge < -0.3 is 21.7 Å². The Bertz CT molecular complexity index is 339. The summed E-state index contributed by atoms with van der Waals surface area (Å²) in [4.78, 5) is 20.7. The number of carbonyl (C=O) groups is 2. The van der Waals surface area contributed by atoms with Gasteiger partial charge in [0.25, 0.3) is 0 Å². The van der Waals surface area contributed by atoms with E-state index in [9.17, 15) is 9.59 Å². The summed E-state index contributed by atoms with van der Waals surface area (Å²) >= 11 is 0. The second kappa shape index (κ2) is 9.15. The minimum Gasteiger partial charge on any atom is -0.478 e. The summed E-state index contributed by atoms with van der Waals surface area (Å²) in [6, 6.07) is 5.02. The van der Waals surface area contributed by atoms with Crippen LogP contribution in [0.4, 0.5) is 0 Å². The molecule has 18 heavy (non-hydrogen) atoms. The SMILES string of the molecule is NCCCCN.O=C(O)c1ccc(C(=O)O)cc1. The fraction of sp³-hybridized carbons (Fsp3) is 0.333. The van der Waals surface area contributed by atoms with Crippen LogP contribution in [0.5, 0.6) is 0 Å². The Morgan fingerprint density at radius 2 is 1.11 bits per heavy atom. The van der Waals surface area contributed by atoms with Crippen molar-refractivity contribution in [2.75, 3.05) is 13.1 Å². The minimum absolute atomic E-state index is 0.0833. The van der Waals surface area contributed by atoms with E-state index in [1.807, 2.05) is 0 Å². The van der Waals surface area contributed by atoms with Crippen LogP contribution >= 0.6 is 0 Å². The van der Waals surface area contributed by atoms with Crippen LogP contribution < -0.4 is 11.5 Å². The molecule has 0 spiro atoms. The van der Waals surface area contributed by atoms with Crippen LogP contribution in [-0.4, -0.2) is 35.2 Å². The number of rotatable bonds is 5. The second-order valence-corrected chi connectivity index (χ2v) is 3.47. The molecule has 0 aliphatic heterocycles. The first-order chi connectivity index (χ1) is 8.52. The molecule has 0 radical (unpaired) electrons. The van der Waals surface area contributed by atoms with Gasteiger partial charge in [0, 0.05) is 0 Å². The first-order valence-electron chi connectivity index (χ1n) is 5.49. The summed E-state index contributed by atoms with van der Waals surface area (Å²) in [5.41, 5.74) is 10.5. The lowest BCUT2D eigenvalue weighted by atomic mass is 10.1. The number of hydrogen-bond acceptors (Lipinski definition) is 4. The molecule has 6 nitrogen and oxygen atoms in total. The summed E-state index contributed by atoms with van der Waals surface area (Å²) < 4.78 is 0. The van der Waals surface area contributed by atoms with E-state index in [0.29, 0.717) is 0 Å². The molecule has 0 atom stereocenters. The lowest BCUT2D eigenvalue weighted by molar-refractivity contribution is 0.0681. The number of carboxylic acid groups (broad SMARTS) is 2. The normalized spacial score (nSPS) is 9.22.